The highest BCUT2D eigenvalue weighted by molar-refractivity contribution is 5.92. The number of benzene rings is 1. The van der Waals surface area contributed by atoms with E-state index in [0.717, 1.165) is 85.8 Å². The molecular weight excluding hydrogens is 412 g/mol. The summed E-state index contributed by atoms with van der Waals surface area (Å²) in [6.07, 6.45) is 3.40. The average Bonchev–Trinajstić information content (AvgIpc) is 3.20. The van der Waals surface area contributed by atoms with Gasteiger partial charge in [-0.05, 0) is 64.9 Å². The van der Waals surface area contributed by atoms with E-state index in [1.807, 2.05) is 29.8 Å². The van der Waals surface area contributed by atoms with Crippen LogP contribution in [0.2, 0.25) is 0 Å². The van der Waals surface area contributed by atoms with E-state index in [0.29, 0.717) is 12.2 Å². The first-order chi connectivity index (χ1) is 16.0. The van der Waals surface area contributed by atoms with Crippen molar-refractivity contribution in [2.75, 3.05) is 37.6 Å². The highest BCUT2D eigenvalue weighted by Crippen LogP contribution is 2.31. The molecule has 0 spiro atoms. The van der Waals surface area contributed by atoms with Crippen LogP contribution < -0.4 is 4.90 Å². The second-order valence-electron chi connectivity index (χ2n) is 9.02. The Balaban J connectivity index is 1.46. The molecule has 1 saturated heterocycles. The molecule has 1 aliphatic heterocycles. The average molecular weight is 449 g/mol. The van der Waals surface area contributed by atoms with Gasteiger partial charge >= 0.3 is 0 Å². The minimum absolute atomic E-state index is 0.162. The first-order valence-corrected chi connectivity index (χ1v) is 12.3. The molecule has 0 N–H and O–H groups in total. The quantitative estimate of drug-likeness (QED) is 0.485. The van der Waals surface area contributed by atoms with Crippen molar-refractivity contribution in [3.63, 3.8) is 0 Å². The number of carbonyl (C=O) groups is 1. The highest BCUT2D eigenvalue weighted by atomic mass is 16.1. The molecule has 0 bridgehead atoms. The Morgan fingerprint density at radius 3 is 2.42 bits per heavy atom. The summed E-state index contributed by atoms with van der Waals surface area (Å²) >= 11 is 0. The minimum atomic E-state index is 0.162. The van der Waals surface area contributed by atoms with Gasteiger partial charge in [0.05, 0.1) is 22.5 Å². The van der Waals surface area contributed by atoms with Crippen molar-refractivity contribution in [2.24, 2.45) is 5.92 Å². The Morgan fingerprint density at radius 1 is 1.06 bits per heavy atom. The number of fused-ring (bicyclic) bond motifs is 1. The summed E-state index contributed by atoms with van der Waals surface area (Å²) < 4.78 is 1.98. The van der Waals surface area contributed by atoms with Crippen LogP contribution in [0, 0.1) is 19.8 Å². The number of para-hydroxylation sites is 1. The molecule has 0 amide bonds. The van der Waals surface area contributed by atoms with Crippen LogP contribution in [-0.2, 0) is 4.79 Å². The largest absolute Gasteiger partial charge is 0.353 e. The van der Waals surface area contributed by atoms with Gasteiger partial charge in [-0.2, -0.15) is 10.2 Å². The molecular formula is C26H36N6O. The Labute approximate surface area is 196 Å². The predicted molar refractivity (Wildman–Crippen MR) is 133 cm³/mol. The van der Waals surface area contributed by atoms with Gasteiger partial charge in [-0.15, -0.1) is 5.10 Å². The lowest BCUT2D eigenvalue weighted by Crippen LogP contribution is -2.37. The fourth-order valence-corrected chi connectivity index (χ4v) is 4.98. The third-order valence-corrected chi connectivity index (χ3v) is 7.03. The van der Waals surface area contributed by atoms with Gasteiger partial charge < -0.3 is 9.80 Å². The van der Waals surface area contributed by atoms with Crippen LogP contribution in [0.25, 0.3) is 16.6 Å². The van der Waals surface area contributed by atoms with Crippen LogP contribution >= 0.6 is 0 Å². The number of aryl methyl sites for hydroxylation is 2. The van der Waals surface area contributed by atoms with E-state index < -0.39 is 0 Å². The van der Waals surface area contributed by atoms with Gasteiger partial charge in [0.25, 0.3) is 0 Å². The van der Waals surface area contributed by atoms with E-state index in [2.05, 4.69) is 52.9 Å². The fraction of sp³-hybridized carbons (Fsp3) is 0.538. The molecule has 3 heterocycles. The van der Waals surface area contributed by atoms with Crippen LogP contribution in [0.15, 0.2) is 30.3 Å². The summed E-state index contributed by atoms with van der Waals surface area (Å²) in [5.41, 5.74) is 3.90. The van der Waals surface area contributed by atoms with Crippen LogP contribution in [0.4, 0.5) is 5.82 Å². The number of nitrogens with zero attached hydrogens (tertiary/aromatic N) is 6. The molecule has 0 unspecified atom stereocenters. The second-order valence-corrected chi connectivity index (χ2v) is 9.02. The summed E-state index contributed by atoms with van der Waals surface area (Å²) in [6, 6.07) is 10.2. The third kappa shape index (κ3) is 4.93. The minimum Gasteiger partial charge on any atom is -0.353 e. The van der Waals surface area contributed by atoms with Crippen LogP contribution in [0.3, 0.4) is 0 Å². The van der Waals surface area contributed by atoms with E-state index in [1.165, 1.54) is 0 Å². The maximum absolute atomic E-state index is 12.8. The molecule has 1 fully saturated rings. The van der Waals surface area contributed by atoms with Crippen LogP contribution in [0.1, 0.15) is 50.9 Å². The monoisotopic (exact) mass is 448 g/mol. The molecule has 1 aromatic carbocycles. The molecule has 0 aliphatic carbocycles. The third-order valence-electron chi connectivity index (χ3n) is 7.03. The number of hydrogen-bond acceptors (Lipinski definition) is 6. The van der Waals surface area contributed by atoms with Crippen molar-refractivity contribution < 1.29 is 4.79 Å². The number of carbonyl (C=O) groups excluding carboxylic acids is 1. The molecule has 176 valence electrons. The molecule has 7 heteroatoms. The topological polar surface area (TPSA) is 67.2 Å². The summed E-state index contributed by atoms with van der Waals surface area (Å²) in [5.74, 6) is 1.42. The van der Waals surface area contributed by atoms with Crippen molar-refractivity contribution >= 4 is 22.5 Å². The van der Waals surface area contributed by atoms with Crippen LogP contribution in [-0.4, -0.2) is 63.4 Å². The number of piperidine rings is 1. The number of anilines is 1. The maximum Gasteiger partial charge on any atom is 0.179 e. The Bertz CT molecular complexity index is 1080. The normalized spacial score (nSPS) is 15.0. The number of Topliss-reactive ketones (excluding diaryl/α,β-unsaturated/α-hetero) is 1. The molecule has 1 aliphatic rings. The standard InChI is InChI=1S/C26H36N6O/c1-5-30(6-2)16-10-13-23(33)21-14-17-31(18-15-21)26-25-24(19(3)27-28-26)20(4)32(29-25)22-11-8-7-9-12-22/h7-9,11-12,21H,5-6,10,13-18H2,1-4H3. The molecule has 33 heavy (non-hydrogen) atoms. The van der Waals surface area contributed by atoms with Gasteiger partial charge in [0, 0.05) is 25.4 Å². The van der Waals surface area contributed by atoms with E-state index in [-0.39, 0.29) is 5.92 Å². The summed E-state index contributed by atoms with van der Waals surface area (Å²) in [5, 5.41) is 15.0. The number of hydrogen-bond donors (Lipinski definition) is 0. The Hall–Kier alpha value is -2.80. The number of ketones is 1. The summed E-state index contributed by atoms with van der Waals surface area (Å²) in [4.78, 5) is 17.4. The lowest BCUT2D eigenvalue weighted by Gasteiger charge is -2.32. The molecule has 4 rings (SSSR count). The van der Waals surface area contributed by atoms with E-state index in [4.69, 9.17) is 5.10 Å². The smallest absolute Gasteiger partial charge is 0.179 e. The summed E-state index contributed by atoms with van der Waals surface area (Å²) in [7, 11) is 0. The van der Waals surface area contributed by atoms with Crippen molar-refractivity contribution in [3.8, 4) is 5.69 Å². The van der Waals surface area contributed by atoms with Gasteiger partial charge in [-0.3, -0.25) is 4.79 Å². The van der Waals surface area contributed by atoms with E-state index in [1.54, 1.807) is 0 Å². The van der Waals surface area contributed by atoms with E-state index >= 15 is 0 Å². The van der Waals surface area contributed by atoms with Gasteiger partial charge in [0.15, 0.2) is 5.82 Å². The van der Waals surface area contributed by atoms with E-state index in [9.17, 15) is 4.79 Å². The summed E-state index contributed by atoms with van der Waals surface area (Å²) in [6.45, 7) is 13.2. The molecule has 7 nitrogen and oxygen atoms in total. The highest BCUT2D eigenvalue weighted by Gasteiger charge is 2.28. The van der Waals surface area contributed by atoms with Crippen LogP contribution in [0.5, 0.6) is 0 Å². The Kier molecular flexibility index (Phi) is 7.38. The van der Waals surface area contributed by atoms with Crippen molar-refractivity contribution in [2.45, 2.75) is 53.4 Å². The second kappa shape index (κ2) is 10.4. The van der Waals surface area contributed by atoms with Crippen molar-refractivity contribution in [3.05, 3.63) is 41.7 Å². The number of rotatable bonds is 9. The SMILES string of the molecule is CCN(CC)CCCC(=O)C1CCN(c2nnc(C)c3c(C)n(-c4ccccc4)nc23)CC1. The van der Waals surface area contributed by atoms with Gasteiger partial charge in [-0.1, -0.05) is 32.0 Å². The Morgan fingerprint density at radius 2 is 1.76 bits per heavy atom. The molecule has 2 aromatic heterocycles. The number of aromatic nitrogens is 4. The predicted octanol–water partition coefficient (Wildman–Crippen LogP) is 4.34. The molecule has 3 aromatic rings. The fourth-order valence-electron chi connectivity index (χ4n) is 4.98. The first-order valence-electron chi connectivity index (χ1n) is 12.3. The molecule has 0 radical (unpaired) electrons. The van der Waals surface area contributed by atoms with Crippen molar-refractivity contribution in [1.29, 1.82) is 0 Å². The zero-order valence-corrected chi connectivity index (χ0v) is 20.4. The lowest BCUT2D eigenvalue weighted by atomic mass is 9.90. The van der Waals surface area contributed by atoms with Gasteiger partial charge in [0.1, 0.15) is 11.3 Å². The zero-order chi connectivity index (χ0) is 23.4. The molecule has 0 saturated carbocycles. The first kappa shape index (κ1) is 23.4. The van der Waals surface area contributed by atoms with Gasteiger partial charge in [-0.25, -0.2) is 4.68 Å². The molecule has 0 atom stereocenters. The zero-order valence-electron chi connectivity index (χ0n) is 20.4. The van der Waals surface area contributed by atoms with Crippen molar-refractivity contribution in [1.82, 2.24) is 24.9 Å². The van der Waals surface area contributed by atoms with Gasteiger partial charge in [0.2, 0.25) is 0 Å². The maximum atomic E-state index is 12.8. The lowest BCUT2D eigenvalue weighted by molar-refractivity contribution is -0.123.